The molecule has 0 saturated carbocycles. The first kappa shape index (κ1) is 15.8. The fourth-order valence-electron chi connectivity index (χ4n) is 3.15. The Morgan fingerprint density at radius 2 is 1.64 bits per heavy atom. The maximum atomic E-state index is 6.23. The van der Waals surface area contributed by atoms with E-state index in [1.807, 2.05) is 12.1 Å². The number of nitrogens with two attached hydrogens (primary N) is 1. The lowest BCUT2D eigenvalue weighted by Gasteiger charge is -2.32. The van der Waals surface area contributed by atoms with Crippen LogP contribution in [0.4, 0.5) is 5.69 Å². The molecule has 2 heterocycles. The number of hydrogen-bond acceptors (Lipinski definition) is 4. The lowest BCUT2D eigenvalue weighted by molar-refractivity contribution is 0.00578. The van der Waals surface area contributed by atoms with Gasteiger partial charge >= 0.3 is 7.12 Å². The smallest absolute Gasteiger partial charge is 0.399 e. The van der Waals surface area contributed by atoms with Gasteiger partial charge < -0.3 is 19.8 Å². The molecule has 3 rings (SSSR count). The number of ether oxygens (including phenoxy) is 1. The van der Waals surface area contributed by atoms with Gasteiger partial charge in [-0.1, -0.05) is 6.07 Å². The Hall–Kier alpha value is -1.04. The quantitative estimate of drug-likeness (QED) is 0.673. The van der Waals surface area contributed by atoms with Gasteiger partial charge in [0.2, 0.25) is 0 Å². The van der Waals surface area contributed by atoms with E-state index in [1.54, 1.807) is 0 Å². The summed E-state index contributed by atoms with van der Waals surface area (Å²) < 4.78 is 17.9. The number of benzene rings is 1. The molecule has 0 amide bonds. The summed E-state index contributed by atoms with van der Waals surface area (Å²) >= 11 is 0. The van der Waals surface area contributed by atoms with E-state index in [2.05, 4.69) is 33.8 Å². The van der Waals surface area contributed by atoms with E-state index in [1.165, 1.54) is 5.56 Å². The predicted octanol–water partition coefficient (Wildman–Crippen LogP) is 2.46. The molecule has 0 atom stereocenters. The molecule has 0 radical (unpaired) electrons. The molecule has 4 nitrogen and oxygen atoms in total. The lowest BCUT2D eigenvalue weighted by atomic mass is 9.71. The van der Waals surface area contributed by atoms with Crippen LogP contribution in [0, 0.1) is 0 Å². The van der Waals surface area contributed by atoms with Crippen molar-refractivity contribution in [2.45, 2.75) is 57.7 Å². The van der Waals surface area contributed by atoms with Crippen LogP contribution >= 0.6 is 0 Å². The van der Waals surface area contributed by atoms with Crippen molar-refractivity contribution in [3.8, 4) is 0 Å². The summed E-state index contributed by atoms with van der Waals surface area (Å²) in [6.45, 7) is 9.94. The third-order valence-electron chi connectivity index (χ3n) is 5.28. The minimum atomic E-state index is -0.355. The fraction of sp³-hybridized carbons (Fsp3) is 0.647. The number of rotatable bonds is 2. The summed E-state index contributed by atoms with van der Waals surface area (Å²) in [6.07, 6.45) is 2.08. The molecule has 0 spiro atoms. The number of anilines is 1. The summed E-state index contributed by atoms with van der Waals surface area (Å²) in [7, 11) is -0.355. The van der Waals surface area contributed by atoms with Crippen molar-refractivity contribution in [3.05, 3.63) is 23.8 Å². The normalized spacial score (nSPS) is 24.6. The van der Waals surface area contributed by atoms with Gasteiger partial charge in [0, 0.05) is 18.9 Å². The van der Waals surface area contributed by atoms with Gasteiger partial charge in [0.1, 0.15) is 0 Å². The standard InChI is InChI=1S/C17H26BNO3/c1-16(2)17(3,4)22-18(21-16)15-11-13(19)5-6-14(15)12-7-9-20-10-8-12/h5-6,11-12H,7-10,19H2,1-4H3. The molecule has 1 aromatic carbocycles. The van der Waals surface area contributed by atoms with Crippen molar-refractivity contribution in [2.75, 3.05) is 18.9 Å². The molecule has 2 aliphatic heterocycles. The lowest BCUT2D eigenvalue weighted by Crippen LogP contribution is -2.41. The van der Waals surface area contributed by atoms with E-state index >= 15 is 0 Å². The number of hydrogen-bond donors (Lipinski definition) is 1. The summed E-state index contributed by atoms with van der Waals surface area (Å²) in [5, 5.41) is 0. The Morgan fingerprint density at radius 3 is 2.23 bits per heavy atom. The van der Waals surface area contributed by atoms with Crippen molar-refractivity contribution in [3.63, 3.8) is 0 Å². The third-order valence-corrected chi connectivity index (χ3v) is 5.28. The third kappa shape index (κ3) is 2.77. The second-order valence-electron chi connectivity index (χ2n) is 7.36. The highest BCUT2D eigenvalue weighted by Crippen LogP contribution is 2.37. The molecule has 0 bridgehead atoms. The zero-order chi connectivity index (χ0) is 16.0. The number of nitrogen functional groups attached to an aromatic ring is 1. The van der Waals surface area contributed by atoms with E-state index in [4.69, 9.17) is 19.8 Å². The first-order valence-corrected chi connectivity index (χ1v) is 8.13. The average molecular weight is 303 g/mol. The summed E-state index contributed by atoms with van der Waals surface area (Å²) in [5.74, 6) is 0.489. The van der Waals surface area contributed by atoms with Gasteiger partial charge in [0.15, 0.2) is 0 Å². The summed E-state index contributed by atoms with van der Waals surface area (Å²) in [4.78, 5) is 0. The second kappa shape index (κ2) is 5.55. The van der Waals surface area contributed by atoms with Crippen LogP contribution in [0.2, 0.25) is 0 Å². The molecule has 2 saturated heterocycles. The first-order chi connectivity index (χ1) is 10.3. The van der Waals surface area contributed by atoms with Crippen LogP contribution in [0.5, 0.6) is 0 Å². The molecule has 1 aromatic rings. The summed E-state index contributed by atoms with van der Waals surface area (Å²) in [5.41, 5.74) is 8.46. The van der Waals surface area contributed by atoms with Crippen LogP contribution in [-0.2, 0) is 14.0 Å². The predicted molar refractivity (Wildman–Crippen MR) is 89.4 cm³/mol. The van der Waals surface area contributed by atoms with Crippen molar-refractivity contribution in [2.24, 2.45) is 0 Å². The van der Waals surface area contributed by atoms with E-state index in [-0.39, 0.29) is 18.3 Å². The van der Waals surface area contributed by atoms with E-state index in [9.17, 15) is 0 Å². The van der Waals surface area contributed by atoms with Crippen LogP contribution in [0.25, 0.3) is 0 Å². The van der Waals surface area contributed by atoms with Crippen LogP contribution in [0.3, 0.4) is 0 Å². The SMILES string of the molecule is CC1(C)OB(c2cc(N)ccc2C2CCOCC2)OC1(C)C. The van der Waals surface area contributed by atoms with Gasteiger partial charge in [-0.25, -0.2) is 0 Å². The highest BCUT2D eigenvalue weighted by atomic mass is 16.7. The molecule has 2 fully saturated rings. The van der Waals surface area contributed by atoms with Crippen molar-refractivity contribution < 1.29 is 14.0 Å². The monoisotopic (exact) mass is 303 g/mol. The zero-order valence-corrected chi connectivity index (χ0v) is 14.0. The maximum Gasteiger partial charge on any atom is 0.495 e. The maximum absolute atomic E-state index is 6.23. The molecule has 22 heavy (non-hydrogen) atoms. The van der Waals surface area contributed by atoms with Gasteiger partial charge in [-0.2, -0.15) is 0 Å². The Kier molecular flexibility index (Phi) is 4.00. The van der Waals surface area contributed by atoms with E-state index in [0.29, 0.717) is 5.92 Å². The molecule has 0 unspecified atom stereocenters. The Morgan fingerprint density at radius 1 is 1.05 bits per heavy atom. The van der Waals surface area contributed by atoms with Crippen molar-refractivity contribution in [1.29, 1.82) is 0 Å². The molecule has 120 valence electrons. The van der Waals surface area contributed by atoms with Crippen molar-refractivity contribution in [1.82, 2.24) is 0 Å². The molecule has 0 aromatic heterocycles. The average Bonchev–Trinajstić information content (AvgIpc) is 2.68. The Bertz CT molecular complexity index is 537. The fourth-order valence-corrected chi connectivity index (χ4v) is 3.15. The van der Waals surface area contributed by atoms with E-state index < -0.39 is 0 Å². The van der Waals surface area contributed by atoms with Crippen LogP contribution < -0.4 is 11.2 Å². The van der Waals surface area contributed by atoms with E-state index in [0.717, 1.165) is 37.2 Å². The minimum Gasteiger partial charge on any atom is -0.399 e. The van der Waals surface area contributed by atoms with Gasteiger partial charge in [-0.3, -0.25) is 0 Å². The van der Waals surface area contributed by atoms with Crippen LogP contribution in [0.15, 0.2) is 18.2 Å². The zero-order valence-electron chi connectivity index (χ0n) is 14.0. The Labute approximate surface area is 133 Å². The largest absolute Gasteiger partial charge is 0.495 e. The topological polar surface area (TPSA) is 53.7 Å². The molecule has 2 N–H and O–H groups in total. The highest BCUT2D eigenvalue weighted by Gasteiger charge is 2.52. The van der Waals surface area contributed by atoms with Gasteiger partial charge in [0.25, 0.3) is 0 Å². The second-order valence-corrected chi connectivity index (χ2v) is 7.36. The first-order valence-electron chi connectivity index (χ1n) is 8.13. The Balaban J connectivity index is 1.94. The van der Waals surface area contributed by atoms with Crippen LogP contribution in [0.1, 0.15) is 52.0 Å². The molecular weight excluding hydrogens is 277 g/mol. The molecule has 5 heteroatoms. The van der Waals surface area contributed by atoms with Gasteiger partial charge in [0.05, 0.1) is 11.2 Å². The highest BCUT2D eigenvalue weighted by molar-refractivity contribution is 6.62. The van der Waals surface area contributed by atoms with Gasteiger partial charge in [-0.05, 0) is 69.6 Å². The van der Waals surface area contributed by atoms with Crippen molar-refractivity contribution >= 4 is 18.3 Å². The minimum absolute atomic E-state index is 0.338. The molecule has 0 aliphatic carbocycles. The molecule has 2 aliphatic rings. The van der Waals surface area contributed by atoms with Gasteiger partial charge in [-0.15, -0.1) is 0 Å². The summed E-state index contributed by atoms with van der Waals surface area (Å²) in [6, 6.07) is 6.11. The van der Waals surface area contributed by atoms with Crippen LogP contribution in [-0.4, -0.2) is 31.5 Å². The molecular formula is C17H26BNO3.